The van der Waals surface area contributed by atoms with Gasteiger partial charge in [-0.3, -0.25) is 9.59 Å². The molecule has 110 valence electrons. The number of hydrogen-bond donors (Lipinski definition) is 2. The molecule has 0 heterocycles. The minimum atomic E-state index is -4.62. The Bertz CT molecular complexity index is 521. The number of nitrogens with one attached hydrogen (secondary N) is 2. The van der Waals surface area contributed by atoms with Crippen LogP contribution in [0.25, 0.3) is 0 Å². The van der Waals surface area contributed by atoms with Gasteiger partial charge in [0.1, 0.15) is 5.88 Å². The molecule has 0 saturated carbocycles. The molecule has 2 amide bonds. The average Bonchev–Trinajstić information content (AvgIpc) is 2.37. The van der Waals surface area contributed by atoms with Gasteiger partial charge >= 0.3 is 6.18 Å². The smallest absolute Gasteiger partial charge is 0.346 e. The van der Waals surface area contributed by atoms with Crippen LogP contribution in [0.5, 0.6) is 0 Å². The first kappa shape index (κ1) is 16.6. The van der Waals surface area contributed by atoms with Gasteiger partial charge in [-0.1, -0.05) is 11.6 Å². The molecular formula is C11H9Cl2F3N2O2. The van der Waals surface area contributed by atoms with Gasteiger partial charge in [0.05, 0.1) is 17.1 Å². The largest absolute Gasteiger partial charge is 0.417 e. The number of amides is 2. The van der Waals surface area contributed by atoms with Crippen LogP contribution < -0.4 is 10.6 Å². The maximum absolute atomic E-state index is 12.6. The molecule has 2 N–H and O–H groups in total. The molecule has 0 aliphatic carbocycles. The molecule has 0 spiro atoms. The summed E-state index contributed by atoms with van der Waals surface area (Å²) >= 11 is 10.6. The molecule has 1 rings (SSSR count). The third-order valence-corrected chi connectivity index (χ3v) is 2.70. The summed E-state index contributed by atoms with van der Waals surface area (Å²) in [7, 11) is 0. The second kappa shape index (κ2) is 6.81. The minimum absolute atomic E-state index is 0.0770. The highest BCUT2D eigenvalue weighted by Gasteiger charge is 2.33. The number of hydrogen-bond acceptors (Lipinski definition) is 2. The Kier molecular flexibility index (Phi) is 5.64. The quantitative estimate of drug-likeness (QED) is 0.835. The fraction of sp³-hybridized carbons (Fsp3) is 0.273. The van der Waals surface area contributed by atoms with Crippen LogP contribution in [0.15, 0.2) is 18.2 Å². The topological polar surface area (TPSA) is 58.2 Å². The highest BCUT2D eigenvalue weighted by atomic mass is 35.5. The van der Waals surface area contributed by atoms with Gasteiger partial charge in [0, 0.05) is 5.69 Å². The van der Waals surface area contributed by atoms with Crippen LogP contribution in [-0.2, 0) is 15.8 Å². The van der Waals surface area contributed by atoms with E-state index in [1.165, 1.54) is 6.07 Å². The number of alkyl halides is 4. The molecule has 0 fully saturated rings. The molecule has 1 aromatic rings. The zero-order chi connectivity index (χ0) is 15.3. The summed E-state index contributed by atoms with van der Waals surface area (Å²) in [5, 5.41) is 3.92. The maximum atomic E-state index is 12.6. The summed E-state index contributed by atoms with van der Waals surface area (Å²) in [5.74, 6) is -1.56. The second-order valence-corrected chi connectivity index (χ2v) is 4.33. The first-order chi connectivity index (χ1) is 9.24. The van der Waals surface area contributed by atoms with Crippen LogP contribution in [0.2, 0.25) is 5.02 Å². The van der Waals surface area contributed by atoms with Gasteiger partial charge in [-0.05, 0) is 18.2 Å². The lowest BCUT2D eigenvalue weighted by Crippen LogP contribution is -2.33. The number of carbonyl (C=O) groups is 2. The molecule has 0 atom stereocenters. The average molecular weight is 329 g/mol. The van der Waals surface area contributed by atoms with E-state index in [0.29, 0.717) is 6.07 Å². The molecule has 0 aliphatic rings. The lowest BCUT2D eigenvalue weighted by molar-refractivity contribution is -0.137. The van der Waals surface area contributed by atoms with Gasteiger partial charge < -0.3 is 10.6 Å². The van der Waals surface area contributed by atoms with Gasteiger partial charge in [0.25, 0.3) is 0 Å². The standard InChI is InChI=1S/C11H9Cl2F3N2O2/c12-4-9(19)17-5-10(20)18-6-1-2-8(13)7(3-6)11(14,15)16/h1-3H,4-5H2,(H,17,19)(H,18,20). The molecule has 0 aromatic heterocycles. The molecular weight excluding hydrogens is 320 g/mol. The van der Waals surface area contributed by atoms with Crippen molar-refractivity contribution < 1.29 is 22.8 Å². The summed E-state index contributed by atoms with van der Waals surface area (Å²) < 4.78 is 37.8. The van der Waals surface area contributed by atoms with Crippen LogP contribution in [0.4, 0.5) is 18.9 Å². The molecule has 0 aliphatic heterocycles. The molecule has 1 aromatic carbocycles. The minimum Gasteiger partial charge on any atom is -0.346 e. The van der Waals surface area contributed by atoms with Crippen molar-refractivity contribution in [2.24, 2.45) is 0 Å². The lowest BCUT2D eigenvalue weighted by atomic mass is 10.2. The SMILES string of the molecule is O=C(CCl)NCC(=O)Nc1ccc(Cl)c(C(F)(F)F)c1. The second-order valence-electron chi connectivity index (χ2n) is 3.65. The van der Waals surface area contributed by atoms with Crippen molar-refractivity contribution in [1.29, 1.82) is 0 Å². The van der Waals surface area contributed by atoms with Crippen molar-refractivity contribution in [2.45, 2.75) is 6.18 Å². The van der Waals surface area contributed by atoms with Crippen LogP contribution in [-0.4, -0.2) is 24.2 Å². The van der Waals surface area contributed by atoms with Gasteiger partial charge in [-0.25, -0.2) is 0 Å². The number of halogens is 5. The maximum Gasteiger partial charge on any atom is 0.417 e. The van der Waals surface area contributed by atoms with E-state index in [9.17, 15) is 22.8 Å². The van der Waals surface area contributed by atoms with Gasteiger partial charge in [-0.2, -0.15) is 13.2 Å². The van der Waals surface area contributed by atoms with Crippen LogP contribution in [0.1, 0.15) is 5.56 Å². The zero-order valence-electron chi connectivity index (χ0n) is 9.85. The molecule has 4 nitrogen and oxygen atoms in total. The number of benzene rings is 1. The number of rotatable bonds is 4. The van der Waals surface area contributed by atoms with Crippen molar-refractivity contribution in [3.8, 4) is 0 Å². The Labute approximate surface area is 122 Å². The van der Waals surface area contributed by atoms with E-state index in [0.717, 1.165) is 6.07 Å². The molecule has 20 heavy (non-hydrogen) atoms. The van der Waals surface area contributed by atoms with Crippen LogP contribution >= 0.6 is 23.2 Å². The fourth-order valence-electron chi connectivity index (χ4n) is 1.25. The van der Waals surface area contributed by atoms with Crippen molar-refractivity contribution in [3.63, 3.8) is 0 Å². The first-order valence-corrected chi connectivity index (χ1v) is 6.14. The Hall–Kier alpha value is -1.47. The van der Waals surface area contributed by atoms with Gasteiger partial charge in [-0.15, -0.1) is 11.6 Å². The Balaban J connectivity index is 2.74. The summed E-state index contributed by atoms with van der Waals surface area (Å²) in [4.78, 5) is 22.2. The third kappa shape index (κ3) is 4.90. The summed E-state index contributed by atoms with van der Waals surface area (Å²) in [6.07, 6.45) is -4.62. The van der Waals surface area contributed by atoms with E-state index in [1.54, 1.807) is 0 Å². The monoisotopic (exact) mass is 328 g/mol. The Morgan fingerprint density at radius 1 is 1.20 bits per heavy atom. The lowest BCUT2D eigenvalue weighted by Gasteiger charge is -2.12. The third-order valence-electron chi connectivity index (χ3n) is 2.12. The zero-order valence-corrected chi connectivity index (χ0v) is 11.4. The van der Waals surface area contributed by atoms with Gasteiger partial charge in [0.15, 0.2) is 0 Å². The van der Waals surface area contributed by atoms with Gasteiger partial charge in [0.2, 0.25) is 11.8 Å². The molecule has 0 saturated heterocycles. The predicted molar refractivity (Wildman–Crippen MR) is 68.8 cm³/mol. The first-order valence-electron chi connectivity index (χ1n) is 5.23. The molecule has 0 unspecified atom stereocenters. The summed E-state index contributed by atoms with van der Waals surface area (Å²) in [6, 6.07) is 2.96. The number of anilines is 1. The normalized spacial score (nSPS) is 11.1. The Morgan fingerprint density at radius 2 is 1.85 bits per heavy atom. The van der Waals surface area contributed by atoms with Crippen LogP contribution in [0.3, 0.4) is 0 Å². The molecule has 9 heteroatoms. The molecule has 0 radical (unpaired) electrons. The van der Waals surface area contributed by atoms with Crippen molar-refractivity contribution in [3.05, 3.63) is 28.8 Å². The van der Waals surface area contributed by atoms with E-state index in [2.05, 4.69) is 10.6 Å². The van der Waals surface area contributed by atoms with E-state index in [1.807, 2.05) is 0 Å². The van der Waals surface area contributed by atoms with Crippen molar-refractivity contribution in [2.75, 3.05) is 17.7 Å². The number of carbonyl (C=O) groups excluding carboxylic acids is 2. The van der Waals surface area contributed by atoms with Crippen molar-refractivity contribution in [1.82, 2.24) is 5.32 Å². The fourth-order valence-corrected chi connectivity index (χ4v) is 1.57. The van der Waals surface area contributed by atoms with E-state index in [4.69, 9.17) is 23.2 Å². The summed E-state index contributed by atoms with van der Waals surface area (Å²) in [6.45, 7) is -0.393. The summed E-state index contributed by atoms with van der Waals surface area (Å²) in [5.41, 5.74) is -1.13. The van der Waals surface area contributed by atoms with Crippen LogP contribution in [0, 0.1) is 0 Å². The Morgan fingerprint density at radius 3 is 2.40 bits per heavy atom. The molecule has 0 bridgehead atoms. The highest BCUT2D eigenvalue weighted by Crippen LogP contribution is 2.36. The van der Waals surface area contributed by atoms with E-state index < -0.39 is 35.1 Å². The predicted octanol–water partition coefficient (Wildman–Crippen LogP) is 2.65. The van der Waals surface area contributed by atoms with Crippen molar-refractivity contribution >= 4 is 40.7 Å². The van der Waals surface area contributed by atoms with E-state index >= 15 is 0 Å². The highest BCUT2D eigenvalue weighted by molar-refractivity contribution is 6.31. The van der Waals surface area contributed by atoms with E-state index in [-0.39, 0.29) is 11.6 Å².